The van der Waals surface area contributed by atoms with Gasteiger partial charge in [0, 0.05) is 28.1 Å². The lowest BCUT2D eigenvalue weighted by atomic mass is 10.0. The molecule has 1 aliphatic carbocycles. The molecule has 1 atom stereocenters. The highest BCUT2D eigenvalue weighted by atomic mass is 35.5. The molecule has 0 bridgehead atoms. The molecule has 4 rings (SSSR count). The zero-order valence-electron chi connectivity index (χ0n) is 15.6. The van der Waals surface area contributed by atoms with Crippen molar-refractivity contribution in [1.82, 2.24) is 8.96 Å². The Bertz CT molecular complexity index is 1080. The first-order valence-electron chi connectivity index (χ1n) is 9.24. The number of carboxylic acid groups (broad SMARTS) is 1. The molecule has 1 aromatic carbocycles. The van der Waals surface area contributed by atoms with E-state index in [2.05, 4.69) is 28.9 Å². The van der Waals surface area contributed by atoms with Gasteiger partial charge in [-0.05, 0) is 60.5 Å². The molecule has 0 amide bonds. The van der Waals surface area contributed by atoms with Gasteiger partial charge in [-0.1, -0.05) is 37.0 Å². The van der Waals surface area contributed by atoms with Gasteiger partial charge in [-0.15, -0.1) is 0 Å². The van der Waals surface area contributed by atoms with Crippen molar-refractivity contribution in [3.63, 3.8) is 0 Å². The average Bonchev–Trinajstić information content (AvgIpc) is 3.17. The van der Waals surface area contributed by atoms with Gasteiger partial charge in [0.1, 0.15) is 0 Å². The van der Waals surface area contributed by atoms with E-state index in [9.17, 15) is 9.90 Å². The molecule has 1 unspecified atom stereocenters. The van der Waals surface area contributed by atoms with Crippen LogP contribution in [0, 0.1) is 0 Å². The van der Waals surface area contributed by atoms with Crippen LogP contribution in [0.1, 0.15) is 55.5 Å². The minimum atomic E-state index is -0.767. The Morgan fingerprint density at radius 2 is 2.11 bits per heavy atom. The van der Waals surface area contributed by atoms with Crippen molar-refractivity contribution in [3.8, 4) is 0 Å². The maximum absolute atomic E-state index is 11.4. The van der Waals surface area contributed by atoms with E-state index in [-0.39, 0.29) is 18.3 Å². The summed E-state index contributed by atoms with van der Waals surface area (Å²) in [4.78, 5) is 17.0. The fourth-order valence-corrected chi connectivity index (χ4v) is 5.52. The fourth-order valence-electron chi connectivity index (χ4n) is 4.00. The van der Waals surface area contributed by atoms with Gasteiger partial charge in [0.25, 0.3) is 0 Å². The molecule has 0 radical (unpaired) electrons. The number of fused-ring (bicyclic) bond motifs is 3. The molecule has 4 nitrogen and oxygen atoms in total. The van der Waals surface area contributed by atoms with E-state index >= 15 is 0 Å². The van der Waals surface area contributed by atoms with Crippen molar-refractivity contribution in [1.29, 1.82) is 0 Å². The molecule has 1 aliphatic rings. The second kappa shape index (κ2) is 7.62. The smallest absolute Gasteiger partial charge is 0.304 e. The van der Waals surface area contributed by atoms with Gasteiger partial charge in [0.15, 0.2) is 0 Å². The summed E-state index contributed by atoms with van der Waals surface area (Å²) in [5.74, 6) is -0.517. The Kier molecular flexibility index (Phi) is 5.34. The molecule has 2 aromatic heterocycles. The highest BCUT2D eigenvalue weighted by Crippen LogP contribution is 2.46. The number of carbonyl (C=O) groups is 1. The number of aliphatic carboxylic acids is 1. The molecule has 3 aromatic rings. The summed E-state index contributed by atoms with van der Waals surface area (Å²) in [7, 11) is 0. The summed E-state index contributed by atoms with van der Waals surface area (Å²) < 4.78 is 2.19. The molecule has 0 aliphatic heterocycles. The Hall–Kier alpha value is -1.69. The number of halogens is 2. The maximum Gasteiger partial charge on any atom is 0.304 e. The highest BCUT2D eigenvalue weighted by Gasteiger charge is 2.33. The van der Waals surface area contributed by atoms with Gasteiger partial charge >= 0.3 is 5.97 Å². The van der Waals surface area contributed by atoms with Crippen LogP contribution >= 0.6 is 35.1 Å². The molecule has 1 N–H and O–H groups in total. The van der Waals surface area contributed by atoms with Gasteiger partial charge in [-0.25, -0.2) is 0 Å². The molecule has 7 heteroatoms. The minimum absolute atomic E-state index is 0.00446. The second-order valence-electron chi connectivity index (χ2n) is 7.41. The predicted molar refractivity (Wildman–Crippen MR) is 115 cm³/mol. The van der Waals surface area contributed by atoms with Crippen molar-refractivity contribution in [2.24, 2.45) is 0 Å². The van der Waals surface area contributed by atoms with E-state index in [1.807, 2.05) is 18.3 Å². The lowest BCUT2D eigenvalue weighted by molar-refractivity contribution is -0.137. The third-order valence-corrected chi connectivity index (χ3v) is 6.96. The number of hydrogen-bond acceptors (Lipinski definition) is 3. The molecular weight excluding hydrogens is 415 g/mol. The lowest BCUT2D eigenvalue weighted by Crippen LogP contribution is -2.07. The molecule has 0 fully saturated rings. The number of hydrogen-bond donors (Lipinski definition) is 1. The van der Waals surface area contributed by atoms with Crippen molar-refractivity contribution < 1.29 is 9.90 Å². The summed E-state index contributed by atoms with van der Waals surface area (Å²) in [6, 6.07) is 7.62. The molecule has 146 valence electrons. The van der Waals surface area contributed by atoms with Crippen LogP contribution in [0.4, 0.5) is 0 Å². The first-order valence-corrected chi connectivity index (χ1v) is 10.8. The third-order valence-electron chi connectivity index (χ3n) is 5.19. The number of benzene rings is 1. The molecule has 0 saturated heterocycles. The number of nitrogens with zero attached hydrogens (tertiary/aromatic N) is 2. The quantitative estimate of drug-likeness (QED) is 0.495. The van der Waals surface area contributed by atoms with Gasteiger partial charge in [0.2, 0.25) is 0 Å². The monoisotopic (exact) mass is 434 g/mol. The normalized spacial score (nSPS) is 16.1. The fraction of sp³-hybridized carbons (Fsp3) is 0.333. The zero-order valence-corrected chi connectivity index (χ0v) is 17.9. The summed E-state index contributed by atoms with van der Waals surface area (Å²) in [6.07, 6.45) is 3.74. The van der Waals surface area contributed by atoms with Crippen LogP contribution in [0.25, 0.3) is 10.9 Å². The van der Waals surface area contributed by atoms with Crippen LogP contribution in [-0.4, -0.2) is 20.0 Å². The first kappa shape index (κ1) is 19.6. The number of aryl methyl sites for hydroxylation is 1. The van der Waals surface area contributed by atoms with E-state index in [1.54, 1.807) is 18.0 Å². The van der Waals surface area contributed by atoms with Crippen molar-refractivity contribution in [3.05, 3.63) is 57.5 Å². The Balaban J connectivity index is 1.93. The predicted octanol–water partition coefficient (Wildman–Crippen LogP) is 6.53. The zero-order chi connectivity index (χ0) is 20.0. The number of aromatic nitrogens is 2. The van der Waals surface area contributed by atoms with Crippen LogP contribution in [0.15, 0.2) is 35.4 Å². The standard InChI is InChI=1S/C21H20Cl2N2O2S/c1-11(2)19-21-15(7-8-24-19)14-5-3-12(9-18(26)27)20(14)25(21)28-13-4-6-16(22)17(23)10-13/h4,6-8,10-12H,3,5,9H2,1-2H3,(H,26,27). The van der Waals surface area contributed by atoms with Gasteiger partial charge in [-0.2, -0.15) is 0 Å². The SMILES string of the molecule is CC(C)c1nccc2c3c(n(Sc4ccc(Cl)c(Cl)c4)c12)C(CC(=O)O)CC3. The number of rotatable bonds is 5. The number of carboxylic acids is 1. The summed E-state index contributed by atoms with van der Waals surface area (Å²) in [6.45, 7) is 4.26. The maximum atomic E-state index is 11.4. The third kappa shape index (κ3) is 3.40. The van der Waals surface area contributed by atoms with Crippen LogP contribution in [-0.2, 0) is 11.2 Å². The lowest BCUT2D eigenvalue weighted by Gasteiger charge is -2.16. The van der Waals surface area contributed by atoms with E-state index in [0.29, 0.717) is 10.0 Å². The van der Waals surface area contributed by atoms with Crippen LogP contribution < -0.4 is 0 Å². The minimum Gasteiger partial charge on any atom is -0.481 e. The molecular formula is C21H20Cl2N2O2S. The van der Waals surface area contributed by atoms with E-state index < -0.39 is 5.97 Å². The van der Waals surface area contributed by atoms with Crippen molar-refractivity contribution in [2.45, 2.75) is 49.8 Å². The Morgan fingerprint density at radius 3 is 2.79 bits per heavy atom. The Labute approximate surface area is 178 Å². The van der Waals surface area contributed by atoms with Gasteiger partial charge in [0.05, 0.1) is 27.7 Å². The largest absolute Gasteiger partial charge is 0.481 e. The van der Waals surface area contributed by atoms with Crippen LogP contribution in [0.2, 0.25) is 10.0 Å². The summed E-state index contributed by atoms with van der Waals surface area (Å²) in [5.41, 5.74) is 4.45. The highest BCUT2D eigenvalue weighted by molar-refractivity contribution is 7.98. The summed E-state index contributed by atoms with van der Waals surface area (Å²) >= 11 is 13.9. The van der Waals surface area contributed by atoms with Crippen molar-refractivity contribution >= 4 is 52.0 Å². The number of pyridine rings is 1. The first-order chi connectivity index (χ1) is 13.4. The van der Waals surface area contributed by atoms with Crippen LogP contribution in [0.5, 0.6) is 0 Å². The van der Waals surface area contributed by atoms with E-state index in [0.717, 1.165) is 34.6 Å². The van der Waals surface area contributed by atoms with Crippen molar-refractivity contribution in [2.75, 3.05) is 0 Å². The molecule has 0 spiro atoms. The van der Waals surface area contributed by atoms with Gasteiger partial charge < -0.3 is 5.11 Å². The summed E-state index contributed by atoms with van der Waals surface area (Å²) in [5, 5.41) is 11.6. The van der Waals surface area contributed by atoms with E-state index in [1.165, 1.54) is 10.9 Å². The molecule has 0 saturated carbocycles. The van der Waals surface area contributed by atoms with Crippen LogP contribution in [0.3, 0.4) is 0 Å². The topological polar surface area (TPSA) is 55.1 Å². The second-order valence-corrected chi connectivity index (χ2v) is 9.24. The van der Waals surface area contributed by atoms with E-state index in [4.69, 9.17) is 23.2 Å². The average molecular weight is 435 g/mol. The Morgan fingerprint density at radius 1 is 1.32 bits per heavy atom. The molecule has 28 heavy (non-hydrogen) atoms. The molecule has 2 heterocycles. The van der Waals surface area contributed by atoms with Gasteiger partial charge in [-0.3, -0.25) is 13.8 Å².